The van der Waals surface area contributed by atoms with Crippen LogP contribution in [0.5, 0.6) is 0 Å². The normalized spacial score (nSPS) is 19.4. The van der Waals surface area contributed by atoms with Crippen LogP contribution in [0.3, 0.4) is 0 Å². The number of rotatable bonds is 3. The third kappa shape index (κ3) is 2.43. The molecule has 0 N–H and O–H groups in total. The van der Waals surface area contributed by atoms with Gasteiger partial charge < -0.3 is 0 Å². The molecular weight excluding hydrogens is 332 g/mol. The lowest BCUT2D eigenvalue weighted by Gasteiger charge is -2.24. The topological polar surface area (TPSA) is 76.1 Å². The van der Waals surface area contributed by atoms with Crippen molar-refractivity contribution >= 4 is 32.8 Å². The number of hydrogen-bond donors (Lipinski definition) is 0. The van der Waals surface area contributed by atoms with E-state index in [0.717, 1.165) is 30.1 Å². The molecule has 0 unspecified atom stereocenters. The highest BCUT2D eigenvalue weighted by Gasteiger charge is 2.37. The highest BCUT2D eigenvalue weighted by atomic mass is 32.2. The number of benzene rings is 1. The van der Waals surface area contributed by atoms with Crippen molar-refractivity contribution in [3.8, 4) is 0 Å². The van der Waals surface area contributed by atoms with Crippen LogP contribution >= 0.6 is 11.7 Å². The Hall–Kier alpha value is -1.90. The molecule has 0 spiro atoms. The zero-order valence-corrected chi connectivity index (χ0v) is 13.8. The van der Waals surface area contributed by atoms with Crippen molar-refractivity contribution in [2.24, 2.45) is 0 Å². The minimum absolute atomic E-state index is 0.148. The fourth-order valence-electron chi connectivity index (χ4n) is 3.06. The molecule has 4 rings (SSSR count). The summed E-state index contributed by atoms with van der Waals surface area (Å²) in [5, 5.41) is 0. The monoisotopic (exact) mass is 346 g/mol. The lowest BCUT2D eigenvalue weighted by Crippen LogP contribution is -2.30. The molecule has 8 heteroatoms. The standard InChI is InChI=1S/C15H14N4O2S2/c20-23(21,14-5-1-3-12-15(14)18-22-17-12)19-10-2-4-13(19)11-6-8-16-9-7-11/h1,3,5-9,13H,2,4,10H2/t13-/m1/s1. The predicted molar refractivity (Wildman–Crippen MR) is 87.5 cm³/mol. The van der Waals surface area contributed by atoms with Gasteiger partial charge in [-0.3, -0.25) is 4.98 Å². The lowest BCUT2D eigenvalue weighted by molar-refractivity contribution is 0.397. The molecule has 6 nitrogen and oxygen atoms in total. The summed E-state index contributed by atoms with van der Waals surface area (Å²) in [5.41, 5.74) is 2.05. The second kappa shape index (κ2) is 5.63. The zero-order valence-electron chi connectivity index (χ0n) is 12.2. The Morgan fingerprint density at radius 3 is 2.78 bits per heavy atom. The van der Waals surface area contributed by atoms with Gasteiger partial charge in [-0.25, -0.2) is 8.42 Å². The minimum atomic E-state index is -3.62. The zero-order chi connectivity index (χ0) is 15.9. The van der Waals surface area contributed by atoms with E-state index in [1.165, 1.54) is 0 Å². The molecule has 0 saturated carbocycles. The average molecular weight is 346 g/mol. The van der Waals surface area contributed by atoms with Crippen LogP contribution < -0.4 is 0 Å². The maximum Gasteiger partial charge on any atom is 0.245 e. The third-order valence-corrected chi connectivity index (χ3v) is 6.61. The molecule has 0 amide bonds. The second-order valence-electron chi connectivity index (χ2n) is 5.44. The Labute approximate surface area is 138 Å². The van der Waals surface area contributed by atoms with Crippen molar-refractivity contribution in [1.82, 2.24) is 18.0 Å². The fraction of sp³-hybridized carbons (Fsp3) is 0.267. The molecule has 23 heavy (non-hydrogen) atoms. The molecule has 0 aliphatic carbocycles. The van der Waals surface area contributed by atoms with E-state index < -0.39 is 10.0 Å². The van der Waals surface area contributed by atoms with Crippen molar-refractivity contribution in [2.45, 2.75) is 23.8 Å². The van der Waals surface area contributed by atoms with Crippen LogP contribution in [0.15, 0.2) is 47.6 Å². The summed E-state index contributed by atoms with van der Waals surface area (Å²) >= 11 is 1.03. The van der Waals surface area contributed by atoms with E-state index in [0.29, 0.717) is 17.6 Å². The van der Waals surface area contributed by atoms with Gasteiger partial charge in [0.1, 0.15) is 15.9 Å². The summed E-state index contributed by atoms with van der Waals surface area (Å²) < 4.78 is 36.2. The van der Waals surface area contributed by atoms with Crippen molar-refractivity contribution in [1.29, 1.82) is 0 Å². The maximum atomic E-state index is 13.2. The molecule has 0 bridgehead atoms. The van der Waals surface area contributed by atoms with Crippen molar-refractivity contribution in [3.05, 3.63) is 48.3 Å². The number of hydrogen-bond acceptors (Lipinski definition) is 6. The minimum Gasteiger partial charge on any atom is -0.265 e. The van der Waals surface area contributed by atoms with E-state index in [2.05, 4.69) is 13.7 Å². The first-order chi connectivity index (χ1) is 11.2. The number of fused-ring (bicyclic) bond motifs is 1. The van der Waals surface area contributed by atoms with Crippen LogP contribution in [0.4, 0.5) is 0 Å². The van der Waals surface area contributed by atoms with Crippen LogP contribution in [0.1, 0.15) is 24.4 Å². The smallest absolute Gasteiger partial charge is 0.245 e. The van der Waals surface area contributed by atoms with E-state index in [9.17, 15) is 8.42 Å². The average Bonchev–Trinajstić information content (AvgIpc) is 3.24. The predicted octanol–water partition coefficient (Wildman–Crippen LogP) is 2.61. The third-order valence-electron chi connectivity index (χ3n) is 4.13. The Morgan fingerprint density at radius 1 is 1.13 bits per heavy atom. The van der Waals surface area contributed by atoms with Gasteiger partial charge in [-0.1, -0.05) is 6.07 Å². The number of nitrogens with zero attached hydrogens (tertiary/aromatic N) is 4. The number of pyridine rings is 1. The van der Waals surface area contributed by atoms with E-state index in [-0.39, 0.29) is 10.9 Å². The quantitative estimate of drug-likeness (QED) is 0.729. The highest BCUT2D eigenvalue weighted by molar-refractivity contribution is 7.89. The van der Waals surface area contributed by atoms with Gasteiger partial charge in [-0.15, -0.1) is 0 Å². The van der Waals surface area contributed by atoms with E-state index >= 15 is 0 Å². The Kier molecular flexibility index (Phi) is 3.59. The van der Waals surface area contributed by atoms with Gasteiger partial charge in [0.25, 0.3) is 0 Å². The first-order valence-electron chi connectivity index (χ1n) is 7.31. The molecule has 1 fully saturated rings. The van der Waals surface area contributed by atoms with Gasteiger partial charge in [0, 0.05) is 18.9 Å². The Morgan fingerprint density at radius 2 is 1.96 bits per heavy atom. The second-order valence-corrected chi connectivity index (χ2v) is 7.83. The summed E-state index contributed by atoms with van der Waals surface area (Å²) in [6.45, 7) is 0.517. The maximum absolute atomic E-state index is 13.2. The van der Waals surface area contributed by atoms with Gasteiger partial charge in [0.05, 0.1) is 17.8 Å². The van der Waals surface area contributed by atoms with Crippen LogP contribution in [0.2, 0.25) is 0 Å². The Bertz CT molecular complexity index is 940. The highest BCUT2D eigenvalue weighted by Crippen LogP contribution is 2.37. The lowest BCUT2D eigenvalue weighted by atomic mass is 10.1. The number of sulfonamides is 1. The first-order valence-corrected chi connectivity index (χ1v) is 9.48. The molecule has 1 aliphatic rings. The van der Waals surface area contributed by atoms with Crippen LogP contribution in [-0.2, 0) is 10.0 Å². The van der Waals surface area contributed by atoms with Crippen molar-refractivity contribution in [2.75, 3.05) is 6.54 Å². The largest absolute Gasteiger partial charge is 0.265 e. The van der Waals surface area contributed by atoms with Gasteiger partial charge >= 0.3 is 0 Å². The van der Waals surface area contributed by atoms with Crippen LogP contribution in [0, 0.1) is 0 Å². The summed E-state index contributed by atoms with van der Waals surface area (Å²) in [5.74, 6) is 0. The van der Waals surface area contributed by atoms with Crippen LogP contribution in [-0.4, -0.2) is 33.0 Å². The molecule has 0 radical (unpaired) electrons. The van der Waals surface area contributed by atoms with Gasteiger partial charge in [0.15, 0.2) is 0 Å². The molecule has 118 valence electrons. The summed E-state index contributed by atoms with van der Waals surface area (Å²) in [6, 6.07) is 8.72. The molecule has 3 aromatic rings. The molecule has 1 saturated heterocycles. The van der Waals surface area contributed by atoms with Gasteiger partial charge in [-0.2, -0.15) is 13.1 Å². The van der Waals surface area contributed by atoms with Crippen molar-refractivity contribution < 1.29 is 8.42 Å². The first kappa shape index (κ1) is 14.7. The molecule has 1 aliphatic heterocycles. The van der Waals surface area contributed by atoms with Gasteiger partial charge in [0.2, 0.25) is 10.0 Å². The molecule has 1 aromatic carbocycles. The molecule has 2 aromatic heterocycles. The van der Waals surface area contributed by atoms with E-state index in [4.69, 9.17) is 0 Å². The van der Waals surface area contributed by atoms with E-state index in [1.807, 2.05) is 12.1 Å². The Balaban J connectivity index is 1.80. The van der Waals surface area contributed by atoms with Gasteiger partial charge in [-0.05, 0) is 42.7 Å². The summed E-state index contributed by atoms with van der Waals surface area (Å²) in [6.07, 6.45) is 5.05. The van der Waals surface area contributed by atoms with Crippen molar-refractivity contribution in [3.63, 3.8) is 0 Å². The summed E-state index contributed by atoms with van der Waals surface area (Å²) in [7, 11) is -3.62. The van der Waals surface area contributed by atoms with Crippen LogP contribution in [0.25, 0.3) is 11.0 Å². The fourth-order valence-corrected chi connectivity index (χ4v) is 5.50. The van der Waals surface area contributed by atoms with E-state index in [1.54, 1.807) is 34.9 Å². The molecule has 1 atom stereocenters. The SMILES string of the molecule is O=S(=O)(c1cccc2nsnc12)N1CCC[C@@H]1c1ccncc1. The number of aromatic nitrogens is 3. The molecule has 3 heterocycles. The molecular formula is C15H14N4O2S2. The summed E-state index contributed by atoms with van der Waals surface area (Å²) in [4.78, 5) is 4.25.